The highest BCUT2D eigenvalue weighted by Gasteiger charge is 2.37. The summed E-state index contributed by atoms with van der Waals surface area (Å²) in [5, 5.41) is -0.465. The van der Waals surface area contributed by atoms with Crippen LogP contribution in [0.1, 0.15) is 25.3 Å². The number of thioether (sulfide) groups is 1. The highest BCUT2D eigenvalue weighted by Crippen LogP contribution is 2.34. The summed E-state index contributed by atoms with van der Waals surface area (Å²) >= 11 is 0.791. The first-order chi connectivity index (χ1) is 13.4. The van der Waals surface area contributed by atoms with E-state index >= 15 is 0 Å². The van der Waals surface area contributed by atoms with Gasteiger partial charge < -0.3 is 14.4 Å². The summed E-state index contributed by atoms with van der Waals surface area (Å²) in [6, 6.07) is 4.79. The molecule has 1 aromatic rings. The lowest BCUT2D eigenvalue weighted by atomic mass is 10.2. The molecule has 0 N–H and O–H groups in total. The molecule has 2 aliphatic rings. The van der Waals surface area contributed by atoms with Gasteiger partial charge in [-0.1, -0.05) is 6.07 Å². The molecule has 3 amide bonds. The van der Waals surface area contributed by atoms with Gasteiger partial charge in [0.1, 0.15) is 6.54 Å². The Hall–Kier alpha value is -2.81. The number of benzene rings is 1. The number of rotatable bonds is 5. The quantitative estimate of drug-likeness (QED) is 0.422. The molecule has 2 fully saturated rings. The molecule has 2 saturated heterocycles. The molecule has 0 bridgehead atoms. The van der Waals surface area contributed by atoms with Gasteiger partial charge in [0, 0.05) is 20.0 Å². The first-order valence-electron chi connectivity index (χ1n) is 8.78. The Morgan fingerprint density at radius 1 is 1.18 bits per heavy atom. The van der Waals surface area contributed by atoms with Crippen LogP contribution >= 0.6 is 11.8 Å². The van der Waals surface area contributed by atoms with Crippen LogP contribution in [0.4, 0.5) is 4.79 Å². The molecule has 0 radical (unpaired) electrons. The van der Waals surface area contributed by atoms with Gasteiger partial charge in [0.2, 0.25) is 5.91 Å². The van der Waals surface area contributed by atoms with Crippen molar-refractivity contribution >= 4 is 40.9 Å². The average Bonchev–Trinajstić information content (AvgIpc) is 3.27. The first kappa shape index (κ1) is 19.9. The third-order valence-corrected chi connectivity index (χ3v) is 5.27. The van der Waals surface area contributed by atoms with Crippen molar-refractivity contribution in [3.63, 3.8) is 0 Å². The van der Waals surface area contributed by atoms with E-state index in [4.69, 9.17) is 9.47 Å². The number of hydrogen-bond acceptors (Lipinski definition) is 7. The fraction of sp³-hybridized carbons (Fsp3) is 0.368. The van der Waals surface area contributed by atoms with Crippen LogP contribution < -0.4 is 9.47 Å². The van der Waals surface area contributed by atoms with Crippen molar-refractivity contribution in [2.75, 3.05) is 26.7 Å². The smallest absolute Gasteiger partial charge is 0.308 e. The molecule has 148 valence electrons. The Kier molecular flexibility index (Phi) is 6.03. The molecule has 0 spiro atoms. The SMILES string of the molecule is COc1cc(/C=C2\SC(=O)N(CC(=O)N3CCCC3)C2=O)ccc1OC(C)=O. The molecule has 0 aromatic heterocycles. The summed E-state index contributed by atoms with van der Waals surface area (Å²) < 4.78 is 10.3. The normalized spacial score (nSPS) is 18.1. The van der Waals surface area contributed by atoms with Crippen molar-refractivity contribution in [3.05, 3.63) is 28.7 Å². The monoisotopic (exact) mass is 404 g/mol. The number of imide groups is 1. The van der Waals surface area contributed by atoms with E-state index < -0.39 is 17.1 Å². The molecule has 8 nitrogen and oxygen atoms in total. The molecule has 0 aliphatic carbocycles. The molecule has 0 saturated carbocycles. The predicted molar refractivity (Wildman–Crippen MR) is 103 cm³/mol. The molecule has 0 unspecified atom stereocenters. The number of carbonyl (C=O) groups excluding carboxylic acids is 4. The zero-order valence-corrected chi connectivity index (χ0v) is 16.4. The Balaban J connectivity index is 1.75. The topological polar surface area (TPSA) is 93.2 Å². The average molecular weight is 404 g/mol. The van der Waals surface area contributed by atoms with Crippen LogP contribution in [0.15, 0.2) is 23.1 Å². The number of methoxy groups -OCH3 is 1. The minimum absolute atomic E-state index is 0.214. The van der Waals surface area contributed by atoms with Crippen LogP contribution in [-0.4, -0.2) is 59.6 Å². The number of amides is 3. The van der Waals surface area contributed by atoms with E-state index in [0.717, 1.165) is 29.5 Å². The molecule has 0 atom stereocenters. The second kappa shape index (κ2) is 8.47. The predicted octanol–water partition coefficient (Wildman–Crippen LogP) is 2.28. The van der Waals surface area contributed by atoms with Crippen molar-refractivity contribution in [2.45, 2.75) is 19.8 Å². The molecular formula is C19H20N2O6S. The summed E-state index contributed by atoms with van der Waals surface area (Å²) in [5.74, 6) is -0.599. The Morgan fingerprint density at radius 2 is 1.89 bits per heavy atom. The molecule has 28 heavy (non-hydrogen) atoms. The lowest BCUT2D eigenvalue weighted by Crippen LogP contribution is -2.40. The van der Waals surface area contributed by atoms with Crippen LogP contribution in [0.25, 0.3) is 6.08 Å². The zero-order valence-electron chi connectivity index (χ0n) is 15.6. The molecule has 1 aromatic carbocycles. The highest BCUT2D eigenvalue weighted by molar-refractivity contribution is 8.18. The van der Waals surface area contributed by atoms with Gasteiger partial charge >= 0.3 is 5.97 Å². The summed E-state index contributed by atoms with van der Waals surface area (Å²) in [4.78, 5) is 51.1. The van der Waals surface area contributed by atoms with Gasteiger partial charge in [-0.15, -0.1) is 0 Å². The van der Waals surface area contributed by atoms with E-state index in [2.05, 4.69) is 0 Å². The van der Waals surface area contributed by atoms with Gasteiger partial charge in [-0.05, 0) is 48.4 Å². The van der Waals surface area contributed by atoms with Crippen molar-refractivity contribution < 1.29 is 28.7 Å². The van der Waals surface area contributed by atoms with Crippen molar-refractivity contribution in [1.82, 2.24) is 9.80 Å². The third kappa shape index (κ3) is 4.36. The van der Waals surface area contributed by atoms with Gasteiger partial charge in [-0.3, -0.25) is 24.1 Å². The number of nitrogens with zero attached hydrogens (tertiary/aromatic N) is 2. The molecule has 3 rings (SSSR count). The highest BCUT2D eigenvalue weighted by atomic mass is 32.2. The van der Waals surface area contributed by atoms with Crippen LogP contribution in [0.5, 0.6) is 11.5 Å². The molecule has 9 heteroatoms. The minimum atomic E-state index is -0.495. The van der Waals surface area contributed by atoms with E-state index in [1.54, 1.807) is 29.2 Å². The number of esters is 1. The first-order valence-corrected chi connectivity index (χ1v) is 9.60. The van der Waals surface area contributed by atoms with Crippen LogP contribution in [0, 0.1) is 0 Å². The fourth-order valence-electron chi connectivity index (χ4n) is 3.00. The maximum atomic E-state index is 12.6. The Labute approximate surface area is 166 Å². The van der Waals surface area contributed by atoms with Crippen LogP contribution in [0.3, 0.4) is 0 Å². The summed E-state index contributed by atoms with van der Waals surface area (Å²) in [5.41, 5.74) is 0.601. The van der Waals surface area contributed by atoms with Gasteiger partial charge in [-0.2, -0.15) is 0 Å². The minimum Gasteiger partial charge on any atom is -0.493 e. The van der Waals surface area contributed by atoms with Crippen molar-refractivity contribution in [3.8, 4) is 11.5 Å². The zero-order chi connectivity index (χ0) is 20.3. The van der Waals surface area contributed by atoms with Crippen LogP contribution in [0.2, 0.25) is 0 Å². The molecular weight excluding hydrogens is 384 g/mol. The summed E-state index contributed by atoms with van der Waals surface area (Å²) in [6.07, 6.45) is 3.43. The third-order valence-electron chi connectivity index (χ3n) is 4.36. The number of carbonyl (C=O) groups is 4. The maximum absolute atomic E-state index is 12.6. The van der Waals surface area contributed by atoms with E-state index in [9.17, 15) is 19.2 Å². The second-order valence-corrected chi connectivity index (χ2v) is 7.35. The van der Waals surface area contributed by atoms with Crippen molar-refractivity contribution in [2.24, 2.45) is 0 Å². The van der Waals surface area contributed by atoms with Gasteiger partial charge in [0.25, 0.3) is 11.1 Å². The molecule has 2 heterocycles. The summed E-state index contributed by atoms with van der Waals surface area (Å²) in [6.45, 7) is 2.38. The number of ether oxygens (including phenoxy) is 2. The van der Waals surface area contributed by atoms with Crippen LogP contribution in [-0.2, 0) is 14.4 Å². The largest absolute Gasteiger partial charge is 0.493 e. The lowest BCUT2D eigenvalue weighted by molar-refractivity contribution is -0.135. The maximum Gasteiger partial charge on any atom is 0.308 e. The Bertz CT molecular complexity index is 860. The summed E-state index contributed by atoms with van der Waals surface area (Å²) in [7, 11) is 1.43. The van der Waals surface area contributed by atoms with E-state index in [1.807, 2.05) is 0 Å². The van der Waals surface area contributed by atoms with Gasteiger partial charge in [0.05, 0.1) is 12.0 Å². The second-order valence-electron chi connectivity index (χ2n) is 6.36. The molecule has 2 aliphatic heterocycles. The van der Waals surface area contributed by atoms with Gasteiger partial charge in [-0.25, -0.2) is 0 Å². The van der Waals surface area contributed by atoms with E-state index in [1.165, 1.54) is 14.0 Å². The van der Waals surface area contributed by atoms with Crippen molar-refractivity contribution in [1.29, 1.82) is 0 Å². The van der Waals surface area contributed by atoms with Gasteiger partial charge in [0.15, 0.2) is 11.5 Å². The number of hydrogen-bond donors (Lipinski definition) is 0. The Morgan fingerprint density at radius 3 is 2.54 bits per heavy atom. The standard InChI is InChI=1S/C19H20N2O6S/c1-12(22)27-14-6-5-13(9-15(14)26-2)10-16-18(24)21(19(25)28-16)11-17(23)20-7-3-4-8-20/h5-6,9-10H,3-4,7-8,11H2,1-2H3/b16-10-. The number of likely N-dealkylation sites (tertiary alicyclic amines) is 1. The fourth-order valence-corrected chi connectivity index (χ4v) is 3.84. The van der Waals surface area contributed by atoms with E-state index in [0.29, 0.717) is 24.4 Å². The van der Waals surface area contributed by atoms with E-state index in [-0.39, 0.29) is 23.1 Å². The lowest BCUT2D eigenvalue weighted by Gasteiger charge is -2.18.